The van der Waals surface area contributed by atoms with Gasteiger partial charge in [-0.1, -0.05) is 23.5 Å². The van der Waals surface area contributed by atoms with E-state index >= 15 is 0 Å². The largest absolute Gasteiger partial charge is 0.507 e. The average molecular weight is 255 g/mol. The maximum atomic E-state index is 9.77. The van der Waals surface area contributed by atoms with Crippen LogP contribution in [0, 0.1) is 0 Å². The number of hydrogen-bond acceptors (Lipinski definition) is 5. The van der Waals surface area contributed by atoms with Crippen LogP contribution in [0.5, 0.6) is 5.75 Å². The van der Waals surface area contributed by atoms with Crippen molar-refractivity contribution in [3.8, 4) is 26.9 Å². The van der Waals surface area contributed by atoms with E-state index in [1.54, 1.807) is 24.5 Å². The highest BCUT2D eigenvalue weighted by molar-refractivity contribution is 7.18. The number of hydrogen-bond donors (Lipinski definition) is 1. The second-order valence-corrected chi connectivity index (χ2v) is 4.64. The lowest BCUT2D eigenvalue weighted by molar-refractivity contribution is 0.477. The minimum Gasteiger partial charge on any atom is -0.507 e. The highest BCUT2D eigenvalue weighted by Crippen LogP contribution is 2.33. The van der Waals surface area contributed by atoms with E-state index < -0.39 is 0 Å². The molecule has 88 valence electrons. The summed E-state index contributed by atoms with van der Waals surface area (Å²) in [7, 11) is 0. The Morgan fingerprint density at radius 2 is 1.61 bits per heavy atom. The molecular formula is C13H9N3OS. The molecule has 0 amide bonds. The smallest absolute Gasteiger partial charge is 0.151 e. The second kappa shape index (κ2) is 4.54. The summed E-state index contributed by atoms with van der Waals surface area (Å²) in [5.41, 5.74) is 1.68. The molecule has 5 heteroatoms. The summed E-state index contributed by atoms with van der Waals surface area (Å²) in [5.74, 6) is 0.218. The Bertz CT molecular complexity index is 667. The van der Waals surface area contributed by atoms with Gasteiger partial charge in [0.2, 0.25) is 0 Å². The van der Waals surface area contributed by atoms with E-state index in [2.05, 4.69) is 15.2 Å². The predicted molar refractivity (Wildman–Crippen MR) is 70.2 cm³/mol. The molecule has 2 aromatic heterocycles. The molecule has 0 aliphatic carbocycles. The Labute approximate surface area is 108 Å². The summed E-state index contributed by atoms with van der Waals surface area (Å²) in [5, 5.41) is 19.5. The first-order valence-electron chi connectivity index (χ1n) is 5.37. The molecule has 0 unspecified atom stereocenters. The van der Waals surface area contributed by atoms with Crippen molar-refractivity contribution in [1.82, 2.24) is 15.2 Å². The first kappa shape index (κ1) is 10.9. The van der Waals surface area contributed by atoms with Gasteiger partial charge in [0.05, 0.1) is 5.56 Å². The van der Waals surface area contributed by atoms with E-state index in [1.807, 2.05) is 24.3 Å². The molecule has 0 aliphatic rings. The van der Waals surface area contributed by atoms with Gasteiger partial charge >= 0.3 is 0 Å². The molecule has 3 aromatic rings. The molecule has 0 radical (unpaired) electrons. The molecule has 1 aromatic carbocycles. The van der Waals surface area contributed by atoms with Gasteiger partial charge in [-0.2, -0.15) is 0 Å². The molecular weight excluding hydrogens is 246 g/mol. The molecule has 0 saturated heterocycles. The first-order valence-corrected chi connectivity index (χ1v) is 6.18. The summed E-state index contributed by atoms with van der Waals surface area (Å²) in [6, 6.07) is 10.9. The van der Waals surface area contributed by atoms with Crippen LogP contribution in [0.15, 0.2) is 48.8 Å². The van der Waals surface area contributed by atoms with E-state index in [-0.39, 0.29) is 5.75 Å². The van der Waals surface area contributed by atoms with Crippen LogP contribution in [-0.4, -0.2) is 20.3 Å². The quantitative estimate of drug-likeness (QED) is 0.764. The fourth-order valence-electron chi connectivity index (χ4n) is 1.60. The number of rotatable bonds is 2. The zero-order valence-corrected chi connectivity index (χ0v) is 10.1. The minimum atomic E-state index is 0.218. The zero-order chi connectivity index (χ0) is 12.4. The molecule has 2 heterocycles. The SMILES string of the molecule is Oc1ccccc1-c1nnc(-c2ccncc2)s1. The van der Waals surface area contributed by atoms with Crippen LogP contribution in [0.25, 0.3) is 21.1 Å². The van der Waals surface area contributed by atoms with Gasteiger partial charge in [-0.25, -0.2) is 0 Å². The van der Waals surface area contributed by atoms with E-state index in [1.165, 1.54) is 11.3 Å². The summed E-state index contributed by atoms with van der Waals surface area (Å²) >= 11 is 1.44. The average Bonchev–Trinajstić information content (AvgIpc) is 2.90. The molecule has 0 atom stereocenters. The van der Waals surface area contributed by atoms with E-state index in [0.29, 0.717) is 10.6 Å². The monoisotopic (exact) mass is 255 g/mol. The Balaban J connectivity index is 2.03. The standard InChI is InChI=1S/C13H9N3OS/c17-11-4-2-1-3-10(11)13-16-15-12(18-13)9-5-7-14-8-6-9/h1-8,17H. The summed E-state index contributed by atoms with van der Waals surface area (Å²) in [6.07, 6.45) is 3.44. The molecule has 1 N–H and O–H groups in total. The summed E-state index contributed by atoms with van der Waals surface area (Å²) in [6.45, 7) is 0. The van der Waals surface area contributed by atoms with Crippen LogP contribution < -0.4 is 0 Å². The van der Waals surface area contributed by atoms with Crippen molar-refractivity contribution in [2.45, 2.75) is 0 Å². The van der Waals surface area contributed by atoms with Crippen molar-refractivity contribution < 1.29 is 5.11 Å². The van der Waals surface area contributed by atoms with Gasteiger partial charge in [-0.05, 0) is 24.3 Å². The van der Waals surface area contributed by atoms with Crippen LogP contribution in [-0.2, 0) is 0 Å². The van der Waals surface area contributed by atoms with Crippen molar-refractivity contribution in [3.05, 3.63) is 48.8 Å². The van der Waals surface area contributed by atoms with Crippen LogP contribution in [0.3, 0.4) is 0 Å². The van der Waals surface area contributed by atoms with Crippen LogP contribution in [0.1, 0.15) is 0 Å². The van der Waals surface area contributed by atoms with Crippen molar-refractivity contribution in [2.24, 2.45) is 0 Å². The maximum Gasteiger partial charge on any atom is 0.151 e. The van der Waals surface area contributed by atoms with E-state index in [0.717, 1.165) is 10.6 Å². The van der Waals surface area contributed by atoms with Gasteiger partial charge in [0.25, 0.3) is 0 Å². The minimum absolute atomic E-state index is 0.218. The van der Waals surface area contributed by atoms with E-state index in [9.17, 15) is 5.11 Å². The van der Waals surface area contributed by atoms with Gasteiger partial charge in [0, 0.05) is 18.0 Å². The maximum absolute atomic E-state index is 9.77. The first-order chi connectivity index (χ1) is 8.84. The van der Waals surface area contributed by atoms with Gasteiger partial charge in [0.15, 0.2) is 5.01 Å². The fraction of sp³-hybridized carbons (Fsp3) is 0. The van der Waals surface area contributed by atoms with Crippen molar-refractivity contribution in [3.63, 3.8) is 0 Å². The highest BCUT2D eigenvalue weighted by Gasteiger charge is 2.10. The van der Waals surface area contributed by atoms with Gasteiger partial charge in [0.1, 0.15) is 10.8 Å². The third kappa shape index (κ3) is 1.96. The van der Waals surface area contributed by atoms with Crippen LogP contribution in [0.4, 0.5) is 0 Å². The molecule has 0 bridgehead atoms. The Morgan fingerprint density at radius 1 is 0.889 bits per heavy atom. The molecule has 3 rings (SSSR count). The van der Waals surface area contributed by atoms with Crippen LogP contribution >= 0.6 is 11.3 Å². The Kier molecular flexibility index (Phi) is 2.74. The van der Waals surface area contributed by atoms with Gasteiger partial charge in [-0.15, -0.1) is 10.2 Å². The Morgan fingerprint density at radius 3 is 2.39 bits per heavy atom. The van der Waals surface area contributed by atoms with Crippen LogP contribution in [0.2, 0.25) is 0 Å². The third-order valence-corrected chi connectivity index (χ3v) is 3.49. The predicted octanol–water partition coefficient (Wildman–Crippen LogP) is 2.97. The summed E-state index contributed by atoms with van der Waals surface area (Å²) in [4.78, 5) is 3.97. The topological polar surface area (TPSA) is 58.9 Å². The van der Waals surface area contributed by atoms with Crippen molar-refractivity contribution in [2.75, 3.05) is 0 Å². The number of pyridine rings is 1. The number of nitrogens with zero attached hydrogens (tertiary/aromatic N) is 3. The second-order valence-electron chi connectivity index (χ2n) is 3.67. The molecule has 0 spiro atoms. The van der Waals surface area contributed by atoms with E-state index in [4.69, 9.17) is 0 Å². The summed E-state index contributed by atoms with van der Waals surface area (Å²) < 4.78 is 0. The molecule has 4 nitrogen and oxygen atoms in total. The lowest BCUT2D eigenvalue weighted by atomic mass is 10.2. The number of phenolic OH excluding ortho intramolecular Hbond substituents is 1. The van der Waals surface area contributed by atoms with Gasteiger partial charge in [-0.3, -0.25) is 4.98 Å². The Hall–Kier alpha value is -2.27. The number of para-hydroxylation sites is 1. The lowest BCUT2D eigenvalue weighted by Gasteiger charge is -1.97. The number of phenols is 1. The molecule has 18 heavy (non-hydrogen) atoms. The fourth-order valence-corrected chi connectivity index (χ4v) is 2.48. The van der Waals surface area contributed by atoms with Gasteiger partial charge < -0.3 is 5.11 Å². The molecule has 0 fully saturated rings. The van der Waals surface area contributed by atoms with Crippen molar-refractivity contribution >= 4 is 11.3 Å². The number of aromatic nitrogens is 3. The zero-order valence-electron chi connectivity index (χ0n) is 9.32. The highest BCUT2D eigenvalue weighted by atomic mass is 32.1. The number of aromatic hydroxyl groups is 1. The van der Waals surface area contributed by atoms with Crippen molar-refractivity contribution in [1.29, 1.82) is 0 Å². The molecule has 0 aliphatic heterocycles. The third-order valence-electron chi connectivity index (χ3n) is 2.49. The lowest BCUT2D eigenvalue weighted by Crippen LogP contribution is -1.78. The number of benzene rings is 1. The normalized spacial score (nSPS) is 10.4. The molecule has 0 saturated carbocycles.